The van der Waals surface area contributed by atoms with Gasteiger partial charge in [-0.15, -0.1) is 0 Å². The minimum atomic E-state index is -0.213. The zero-order chi connectivity index (χ0) is 13.0. The number of nitrogens with one attached hydrogen (secondary N) is 1. The van der Waals surface area contributed by atoms with Crippen molar-refractivity contribution in [2.45, 2.75) is 19.9 Å². The molecule has 0 bridgehead atoms. The van der Waals surface area contributed by atoms with Crippen LogP contribution in [0.1, 0.15) is 29.8 Å². The van der Waals surface area contributed by atoms with Gasteiger partial charge in [0.05, 0.1) is 11.7 Å². The molecule has 2 rings (SSSR count). The highest BCUT2D eigenvalue weighted by Gasteiger charge is 2.16. The van der Waals surface area contributed by atoms with Gasteiger partial charge in [-0.3, -0.25) is 4.98 Å². The lowest BCUT2D eigenvalue weighted by molar-refractivity contribution is 0.592. The second-order valence-corrected chi connectivity index (χ2v) is 4.25. The Morgan fingerprint density at radius 3 is 2.78 bits per heavy atom. The topological polar surface area (TPSA) is 24.9 Å². The van der Waals surface area contributed by atoms with Crippen LogP contribution in [0.3, 0.4) is 0 Å². The molecule has 94 valence electrons. The molecule has 1 atom stereocenters. The maximum absolute atomic E-state index is 13.4. The van der Waals surface area contributed by atoms with Crippen molar-refractivity contribution in [1.29, 1.82) is 0 Å². The Balaban J connectivity index is 2.44. The number of hydrogen-bond acceptors (Lipinski definition) is 2. The van der Waals surface area contributed by atoms with Crippen molar-refractivity contribution in [2.75, 3.05) is 6.54 Å². The molecule has 1 heterocycles. The van der Waals surface area contributed by atoms with E-state index in [1.165, 1.54) is 6.07 Å². The highest BCUT2D eigenvalue weighted by Crippen LogP contribution is 2.24. The van der Waals surface area contributed by atoms with Gasteiger partial charge in [0.15, 0.2) is 0 Å². The van der Waals surface area contributed by atoms with Crippen LogP contribution in [-0.4, -0.2) is 11.5 Å². The Hall–Kier alpha value is -1.74. The second-order valence-electron chi connectivity index (χ2n) is 4.25. The van der Waals surface area contributed by atoms with Gasteiger partial charge in [0.2, 0.25) is 0 Å². The molecule has 1 unspecified atom stereocenters. The molecule has 0 aliphatic carbocycles. The van der Waals surface area contributed by atoms with E-state index in [4.69, 9.17) is 0 Å². The maximum Gasteiger partial charge on any atom is 0.123 e. The first-order chi connectivity index (χ1) is 8.72. The van der Waals surface area contributed by atoms with Gasteiger partial charge in [0.1, 0.15) is 5.82 Å². The smallest absolute Gasteiger partial charge is 0.123 e. The summed E-state index contributed by atoms with van der Waals surface area (Å²) in [5.41, 5.74) is 2.91. The van der Waals surface area contributed by atoms with Crippen molar-refractivity contribution in [3.05, 3.63) is 65.2 Å². The van der Waals surface area contributed by atoms with Crippen LogP contribution < -0.4 is 5.32 Å². The van der Waals surface area contributed by atoms with E-state index in [1.807, 2.05) is 32.0 Å². The molecule has 2 aromatic rings. The highest BCUT2D eigenvalue weighted by atomic mass is 19.1. The molecule has 2 nitrogen and oxygen atoms in total. The van der Waals surface area contributed by atoms with Crippen LogP contribution in [0.4, 0.5) is 4.39 Å². The summed E-state index contributed by atoms with van der Waals surface area (Å²) in [7, 11) is 0. The highest BCUT2D eigenvalue weighted by molar-refractivity contribution is 5.34. The van der Waals surface area contributed by atoms with Gasteiger partial charge < -0.3 is 5.32 Å². The van der Waals surface area contributed by atoms with E-state index in [1.54, 1.807) is 18.3 Å². The van der Waals surface area contributed by atoms with Gasteiger partial charge >= 0.3 is 0 Å². The van der Waals surface area contributed by atoms with Crippen molar-refractivity contribution in [3.8, 4) is 0 Å². The summed E-state index contributed by atoms with van der Waals surface area (Å²) in [6, 6.07) is 10.6. The molecule has 0 fully saturated rings. The Morgan fingerprint density at radius 1 is 1.28 bits per heavy atom. The molecule has 0 radical (unpaired) electrons. The predicted molar refractivity (Wildman–Crippen MR) is 70.9 cm³/mol. The van der Waals surface area contributed by atoms with Crippen LogP contribution >= 0.6 is 0 Å². The minimum Gasteiger partial charge on any atom is -0.305 e. The van der Waals surface area contributed by atoms with E-state index in [-0.39, 0.29) is 11.9 Å². The first-order valence-corrected chi connectivity index (χ1v) is 6.12. The summed E-state index contributed by atoms with van der Waals surface area (Å²) < 4.78 is 13.4. The van der Waals surface area contributed by atoms with Crippen LogP contribution in [-0.2, 0) is 0 Å². The standard InChI is InChI=1S/C15H17FN2/c1-3-17-15(14-6-4-5-9-18-14)13-10-12(16)8-7-11(13)2/h4-10,15,17H,3H2,1-2H3. The molecule has 0 aliphatic heterocycles. The molecule has 0 saturated heterocycles. The molecule has 0 amide bonds. The average Bonchev–Trinajstić information content (AvgIpc) is 2.40. The fourth-order valence-corrected chi connectivity index (χ4v) is 2.05. The Labute approximate surface area is 107 Å². The van der Waals surface area contributed by atoms with Crippen LogP contribution in [0.5, 0.6) is 0 Å². The van der Waals surface area contributed by atoms with Crippen LogP contribution in [0.15, 0.2) is 42.6 Å². The van der Waals surface area contributed by atoms with E-state index >= 15 is 0 Å². The van der Waals surface area contributed by atoms with Gasteiger partial charge in [0.25, 0.3) is 0 Å². The van der Waals surface area contributed by atoms with E-state index in [2.05, 4.69) is 10.3 Å². The van der Waals surface area contributed by atoms with Crippen molar-refractivity contribution in [3.63, 3.8) is 0 Å². The number of rotatable bonds is 4. The monoisotopic (exact) mass is 244 g/mol. The molecular weight excluding hydrogens is 227 g/mol. The average molecular weight is 244 g/mol. The van der Waals surface area contributed by atoms with Crippen LogP contribution in [0, 0.1) is 12.7 Å². The van der Waals surface area contributed by atoms with Crippen molar-refractivity contribution in [2.24, 2.45) is 0 Å². The van der Waals surface area contributed by atoms with Gasteiger partial charge in [0, 0.05) is 6.20 Å². The third-order valence-corrected chi connectivity index (χ3v) is 2.94. The molecule has 1 aromatic carbocycles. The zero-order valence-corrected chi connectivity index (χ0v) is 10.7. The number of benzene rings is 1. The molecule has 1 aromatic heterocycles. The zero-order valence-electron chi connectivity index (χ0n) is 10.7. The number of pyridine rings is 1. The third kappa shape index (κ3) is 2.74. The molecular formula is C15H17FN2. The van der Waals surface area contributed by atoms with E-state index in [9.17, 15) is 4.39 Å². The number of aromatic nitrogens is 1. The number of halogens is 1. The third-order valence-electron chi connectivity index (χ3n) is 2.94. The first-order valence-electron chi connectivity index (χ1n) is 6.12. The Kier molecular flexibility index (Phi) is 4.05. The lowest BCUT2D eigenvalue weighted by Crippen LogP contribution is -2.23. The van der Waals surface area contributed by atoms with Crippen LogP contribution in [0.2, 0.25) is 0 Å². The largest absolute Gasteiger partial charge is 0.305 e. The molecule has 18 heavy (non-hydrogen) atoms. The fraction of sp³-hybridized carbons (Fsp3) is 0.267. The van der Waals surface area contributed by atoms with E-state index in [0.717, 1.165) is 23.4 Å². The first kappa shape index (κ1) is 12.7. The van der Waals surface area contributed by atoms with Gasteiger partial charge in [-0.1, -0.05) is 19.1 Å². The summed E-state index contributed by atoms with van der Waals surface area (Å²) in [5, 5.41) is 3.35. The normalized spacial score (nSPS) is 12.4. The fourth-order valence-electron chi connectivity index (χ4n) is 2.05. The van der Waals surface area contributed by atoms with Crippen molar-refractivity contribution < 1.29 is 4.39 Å². The quantitative estimate of drug-likeness (QED) is 0.893. The van der Waals surface area contributed by atoms with Crippen molar-refractivity contribution in [1.82, 2.24) is 10.3 Å². The number of aryl methyl sites for hydroxylation is 1. The van der Waals surface area contributed by atoms with E-state index in [0.29, 0.717) is 0 Å². The lowest BCUT2D eigenvalue weighted by atomic mass is 9.98. The molecule has 3 heteroatoms. The Bertz CT molecular complexity index is 511. The van der Waals surface area contributed by atoms with Gasteiger partial charge in [-0.25, -0.2) is 4.39 Å². The molecule has 0 spiro atoms. The lowest BCUT2D eigenvalue weighted by Gasteiger charge is -2.20. The van der Waals surface area contributed by atoms with E-state index < -0.39 is 0 Å². The minimum absolute atomic E-state index is 0.0631. The number of hydrogen-bond donors (Lipinski definition) is 1. The van der Waals surface area contributed by atoms with Gasteiger partial charge in [-0.05, 0) is 48.9 Å². The summed E-state index contributed by atoms with van der Waals surface area (Å²) in [5.74, 6) is -0.213. The van der Waals surface area contributed by atoms with Crippen LogP contribution in [0.25, 0.3) is 0 Å². The maximum atomic E-state index is 13.4. The van der Waals surface area contributed by atoms with Crippen molar-refractivity contribution >= 4 is 0 Å². The Morgan fingerprint density at radius 2 is 2.11 bits per heavy atom. The SMILES string of the molecule is CCNC(c1ccccn1)c1cc(F)ccc1C. The molecule has 1 N–H and O–H groups in total. The molecule has 0 aliphatic rings. The summed E-state index contributed by atoms with van der Waals surface area (Å²) in [6.07, 6.45) is 1.76. The number of nitrogens with zero attached hydrogens (tertiary/aromatic N) is 1. The molecule has 0 saturated carbocycles. The summed E-state index contributed by atoms with van der Waals surface area (Å²) in [6.45, 7) is 4.82. The second kappa shape index (κ2) is 5.74. The summed E-state index contributed by atoms with van der Waals surface area (Å²) in [4.78, 5) is 4.36. The predicted octanol–water partition coefficient (Wildman–Crippen LogP) is 3.23. The summed E-state index contributed by atoms with van der Waals surface area (Å²) >= 11 is 0. The van der Waals surface area contributed by atoms with Gasteiger partial charge in [-0.2, -0.15) is 0 Å².